The van der Waals surface area contributed by atoms with Crippen LogP contribution in [0.25, 0.3) is 0 Å². The Morgan fingerprint density at radius 1 is 1.29 bits per heavy atom. The maximum atomic E-state index is 12.3. The second kappa shape index (κ2) is 8.40. The molecule has 2 atom stereocenters. The fourth-order valence-electron chi connectivity index (χ4n) is 2.48. The number of amides is 1. The van der Waals surface area contributed by atoms with Crippen molar-refractivity contribution >= 4 is 23.2 Å². The maximum Gasteiger partial charge on any atom is 0.241 e. The smallest absolute Gasteiger partial charge is 0.241 e. The Labute approximate surface area is 133 Å². The van der Waals surface area contributed by atoms with Crippen LogP contribution in [0.5, 0.6) is 0 Å². The Morgan fingerprint density at radius 2 is 1.86 bits per heavy atom. The van der Waals surface area contributed by atoms with Crippen molar-refractivity contribution in [3.63, 3.8) is 0 Å². The average Bonchev–Trinajstić information content (AvgIpc) is 2.45. The third kappa shape index (κ3) is 4.72. The summed E-state index contributed by atoms with van der Waals surface area (Å²) in [7, 11) is 0. The Balaban J connectivity index is 3.05. The minimum absolute atomic E-state index is 0.0104. The second-order valence-corrected chi connectivity index (χ2v) is 5.78. The molecule has 1 rings (SSSR count). The molecule has 0 aliphatic heterocycles. The Hall–Kier alpha value is -1.06. The van der Waals surface area contributed by atoms with Gasteiger partial charge in [0.05, 0.1) is 6.10 Å². The van der Waals surface area contributed by atoms with E-state index in [0.29, 0.717) is 13.2 Å². The van der Waals surface area contributed by atoms with Gasteiger partial charge in [-0.05, 0) is 38.8 Å². The molecule has 0 spiro atoms. The summed E-state index contributed by atoms with van der Waals surface area (Å²) in [6, 6.07) is 6.05. The van der Waals surface area contributed by atoms with Crippen LogP contribution in [0.15, 0.2) is 18.2 Å². The van der Waals surface area contributed by atoms with Gasteiger partial charge in [0.15, 0.2) is 0 Å². The van der Waals surface area contributed by atoms with Crippen molar-refractivity contribution < 1.29 is 9.53 Å². The second-order valence-electron chi connectivity index (χ2n) is 5.52. The molecule has 4 heteroatoms. The summed E-state index contributed by atoms with van der Waals surface area (Å²) in [5.74, 6) is 0.157. The third-order valence-electron chi connectivity index (χ3n) is 3.83. The first-order valence-electron chi connectivity index (χ1n) is 7.46. The van der Waals surface area contributed by atoms with E-state index in [2.05, 4.69) is 6.92 Å². The van der Waals surface area contributed by atoms with Crippen LogP contribution < -0.4 is 4.90 Å². The van der Waals surface area contributed by atoms with Gasteiger partial charge < -0.3 is 9.64 Å². The number of hydrogen-bond acceptors (Lipinski definition) is 2. The topological polar surface area (TPSA) is 29.5 Å². The monoisotopic (exact) mass is 311 g/mol. The van der Waals surface area contributed by atoms with Gasteiger partial charge >= 0.3 is 0 Å². The van der Waals surface area contributed by atoms with E-state index in [1.807, 2.05) is 45.9 Å². The zero-order valence-electron chi connectivity index (χ0n) is 13.6. The van der Waals surface area contributed by atoms with Crippen molar-refractivity contribution in [1.82, 2.24) is 0 Å². The summed E-state index contributed by atoms with van der Waals surface area (Å²) in [6.45, 7) is 11.5. The minimum atomic E-state index is -0.0652. The first-order chi connectivity index (χ1) is 9.92. The molecule has 3 nitrogen and oxygen atoms in total. The zero-order chi connectivity index (χ0) is 16.0. The van der Waals surface area contributed by atoms with Crippen LogP contribution in [-0.4, -0.2) is 31.0 Å². The highest BCUT2D eigenvalue weighted by atomic mass is 35.5. The van der Waals surface area contributed by atoms with Crippen LogP contribution in [0, 0.1) is 19.8 Å². The van der Waals surface area contributed by atoms with Crippen LogP contribution in [0.2, 0.25) is 0 Å². The lowest BCUT2D eigenvalue weighted by molar-refractivity contribution is -0.116. The molecular formula is C17H26ClNO2. The molecule has 1 aromatic rings. The van der Waals surface area contributed by atoms with E-state index in [0.717, 1.165) is 16.8 Å². The summed E-state index contributed by atoms with van der Waals surface area (Å²) in [5.41, 5.74) is 3.15. The summed E-state index contributed by atoms with van der Waals surface area (Å²) < 4.78 is 5.64. The summed E-state index contributed by atoms with van der Waals surface area (Å²) in [6.07, 6.45) is 0.102. The van der Waals surface area contributed by atoms with E-state index >= 15 is 0 Å². The standard InChI is InChI=1S/C17H26ClNO2/c1-6-21-15(5)14(4)11-19(16(20)10-18)17-12(2)8-7-9-13(17)3/h7-9,14-15H,6,10-11H2,1-5H3. The number of nitrogens with zero attached hydrogens (tertiary/aromatic N) is 1. The van der Waals surface area contributed by atoms with Crippen molar-refractivity contribution in [2.45, 2.75) is 40.7 Å². The SMILES string of the molecule is CCOC(C)C(C)CN(C(=O)CCl)c1c(C)cccc1C. The fraction of sp³-hybridized carbons (Fsp3) is 0.588. The van der Waals surface area contributed by atoms with Gasteiger partial charge in [0.25, 0.3) is 0 Å². The number of hydrogen-bond donors (Lipinski definition) is 0. The number of carbonyl (C=O) groups excluding carboxylic acids is 1. The fourth-order valence-corrected chi connectivity index (χ4v) is 2.63. The molecule has 21 heavy (non-hydrogen) atoms. The van der Waals surface area contributed by atoms with Crippen molar-refractivity contribution in [2.75, 3.05) is 23.9 Å². The largest absolute Gasteiger partial charge is 0.378 e. The van der Waals surface area contributed by atoms with Gasteiger partial charge in [-0.1, -0.05) is 25.1 Å². The van der Waals surface area contributed by atoms with E-state index in [1.54, 1.807) is 4.90 Å². The molecule has 1 amide bonds. The molecule has 0 saturated carbocycles. The van der Waals surface area contributed by atoms with E-state index in [-0.39, 0.29) is 23.8 Å². The maximum absolute atomic E-state index is 12.3. The lowest BCUT2D eigenvalue weighted by Crippen LogP contribution is -2.39. The highest BCUT2D eigenvalue weighted by Gasteiger charge is 2.23. The number of alkyl halides is 1. The number of aryl methyl sites for hydroxylation is 2. The minimum Gasteiger partial charge on any atom is -0.378 e. The van der Waals surface area contributed by atoms with Gasteiger partial charge in [-0.25, -0.2) is 0 Å². The number of benzene rings is 1. The molecule has 0 fully saturated rings. The van der Waals surface area contributed by atoms with Crippen LogP contribution in [0.3, 0.4) is 0 Å². The Morgan fingerprint density at radius 3 is 2.33 bits per heavy atom. The lowest BCUT2D eigenvalue weighted by atomic mass is 10.0. The molecular weight excluding hydrogens is 286 g/mol. The van der Waals surface area contributed by atoms with E-state index in [4.69, 9.17) is 16.3 Å². The first kappa shape index (κ1) is 18.0. The van der Waals surface area contributed by atoms with Gasteiger partial charge in [-0.2, -0.15) is 0 Å². The molecule has 0 N–H and O–H groups in total. The van der Waals surface area contributed by atoms with Gasteiger partial charge in [-0.15, -0.1) is 11.6 Å². The summed E-state index contributed by atoms with van der Waals surface area (Å²) >= 11 is 5.80. The number of carbonyl (C=O) groups is 1. The predicted molar refractivity (Wildman–Crippen MR) is 89.2 cm³/mol. The molecule has 2 unspecified atom stereocenters. The predicted octanol–water partition coefficient (Wildman–Crippen LogP) is 3.94. The lowest BCUT2D eigenvalue weighted by Gasteiger charge is -2.30. The van der Waals surface area contributed by atoms with Crippen molar-refractivity contribution in [3.8, 4) is 0 Å². The summed E-state index contributed by atoms with van der Waals surface area (Å²) in [4.78, 5) is 14.1. The van der Waals surface area contributed by atoms with Gasteiger partial charge in [0, 0.05) is 24.8 Å². The van der Waals surface area contributed by atoms with Crippen molar-refractivity contribution in [3.05, 3.63) is 29.3 Å². The van der Waals surface area contributed by atoms with Gasteiger partial charge in [-0.3, -0.25) is 4.79 Å². The zero-order valence-corrected chi connectivity index (χ0v) is 14.4. The molecule has 0 bridgehead atoms. The molecule has 0 radical (unpaired) electrons. The average molecular weight is 312 g/mol. The van der Waals surface area contributed by atoms with Crippen molar-refractivity contribution in [2.24, 2.45) is 5.92 Å². The van der Waals surface area contributed by atoms with Crippen molar-refractivity contribution in [1.29, 1.82) is 0 Å². The molecule has 0 saturated heterocycles. The van der Waals surface area contributed by atoms with Crippen LogP contribution in [0.1, 0.15) is 31.9 Å². The Kier molecular flexibility index (Phi) is 7.20. The number of ether oxygens (including phenoxy) is 1. The highest BCUT2D eigenvalue weighted by molar-refractivity contribution is 6.29. The molecule has 0 aliphatic carbocycles. The Bertz CT molecular complexity index is 456. The molecule has 0 aromatic heterocycles. The number of rotatable bonds is 7. The van der Waals surface area contributed by atoms with Gasteiger partial charge in [0.2, 0.25) is 5.91 Å². The third-order valence-corrected chi connectivity index (χ3v) is 4.05. The number of halogens is 1. The van der Waals surface area contributed by atoms with Crippen LogP contribution in [-0.2, 0) is 9.53 Å². The van der Waals surface area contributed by atoms with Crippen LogP contribution >= 0.6 is 11.6 Å². The van der Waals surface area contributed by atoms with Crippen LogP contribution in [0.4, 0.5) is 5.69 Å². The molecule has 0 heterocycles. The summed E-state index contributed by atoms with van der Waals surface area (Å²) in [5, 5.41) is 0. The first-order valence-corrected chi connectivity index (χ1v) is 7.99. The van der Waals surface area contributed by atoms with E-state index in [9.17, 15) is 4.79 Å². The normalized spacial score (nSPS) is 13.8. The van der Waals surface area contributed by atoms with E-state index in [1.165, 1.54) is 0 Å². The van der Waals surface area contributed by atoms with E-state index < -0.39 is 0 Å². The number of para-hydroxylation sites is 1. The molecule has 0 aliphatic rings. The number of anilines is 1. The highest BCUT2D eigenvalue weighted by Crippen LogP contribution is 2.26. The molecule has 1 aromatic carbocycles. The van der Waals surface area contributed by atoms with Gasteiger partial charge in [0.1, 0.15) is 5.88 Å². The quantitative estimate of drug-likeness (QED) is 0.714. The molecule has 118 valence electrons.